The number of hydrogen-bond donors (Lipinski definition) is 2. The molecule has 2 N–H and O–H groups in total. The molecule has 0 aromatic carbocycles. The minimum atomic E-state index is -0.227. The third-order valence-electron chi connectivity index (χ3n) is 2.85. The largest absolute Gasteiger partial charge is 0.360 e. The molecule has 2 rings (SSSR count). The molecule has 0 saturated carbocycles. The molecular weight excluding hydrogens is 284 g/mol. The molecule has 8 nitrogen and oxygen atoms in total. The number of amides is 1. The van der Waals surface area contributed by atoms with Crippen LogP contribution >= 0.6 is 0 Å². The number of carbonyl (C=O) groups excluding carboxylic acids is 1. The molecule has 0 aliphatic heterocycles. The lowest BCUT2D eigenvalue weighted by Crippen LogP contribution is -2.28. The zero-order chi connectivity index (χ0) is 15.9. The van der Waals surface area contributed by atoms with Crippen LogP contribution < -0.4 is 10.6 Å². The Hall–Kier alpha value is -2.48. The average molecular weight is 304 g/mol. The van der Waals surface area contributed by atoms with Gasteiger partial charge in [0.15, 0.2) is 17.3 Å². The molecule has 1 amide bonds. The summed E-state index contributed by atoms with van der Waals surface area (Å²) >= 11 is 0. The molecule has 2 aromatic heterocycles. The number of nitrogens with zero attached hydrogens (tertiary/aromatic N) is 4. The Labute approximate surface area is 128 Å². The van der Waals surface area contributed by atoms with Crippen LogP contribution in [0.3, 0.4) is 0 Å². The molecule has 8 heteroatoms. The number of anilines is 2. The van der Waals surface area contributed by atoms with E-state index in [0.29, 0.717) is 23.9 Å². The van der Waals surface area contributed by atoms with E-state index in [1.54, 1.807) is 25.1 Å². The van der Waals surface area contributed by atoms with Gasteiger partial charge in [0.1, 0.15) is 5.76 Å². The first kappa shape index (κ1) is 15.9. The van der Waals surface area contributed by atoms with Gasteiger partial charge in [0.2, 0.25) is 0 Å². The van der Waals surface area contributed by atoms with Crippen LogP contribution in [0.4, 0.5) is 11.6 Å². The van der Waals surface area contributed by atoms with Gasteiger partial charge in [0.25, 0.3) is 5.91 Å². The van der Waals surface area contributed by atoms with Crippen LogP contribution in [0.15, 0.2) is 22.7 Å². The molecule has 0 spiro atoms. The van der Waals surface area contributed by atoms with Gasteiger partial charge in [-0.25, -0.2) is 0 Å². The lowest BCUT2D eigenvalue weighted by atomic mass is 10.3. The molecule has 0 radical (unpaired) electrons. The zero-order valence-electron chi connectivity index (χ0n) is 13.0. The molecular formula is C14H20N6O2. The second-order valence-corrected chi connectivity index (χ2v) is 5.16. The SMILES string of the molecule is Cc1cc(Nc2ccc(C(=O)NCCCN(C)C)nn2)no1. The Morgan fingerprint density at radius 2 is 2.09 bits per heavy atom. The van der Waals surface area contributed by atoms with Crippen molar-refractivity contribution in [1.29, 1.82) is 0 Å². The second-order valence-electron chi connectivity index (χ2n) is 5.16. The molecule has 0 fully saturated rings. The molecule has 2 heterocycles. The van der Waals surface area contributed by atoms with Gasteiger partial charge >= 0.3 is 0 Å². The predicted molar refractivity (Wildman–Crippen MR) is 82.1 cm³/mol. The maximum absolute atomic E-state index is 11.9. The molecule has 0 saturated heterocycles. The van der Waals surface area contributed by atoms with Crippen LogP contribution in [0.5, 0.6) is 0 Å². The van der Waals surface area contributed by atoms with Crippen LogP contribution in [-0.2, 0) is 0 Å². The molecule has 0 unspecified atom stereocenters. The van der Waals surface area contributed by atoms with Crippen molar-refractivity contribution in [3.63, 3.8) is 0 Å². The van der Waals surface area contributed by atoms with Gasteiger partial charge in [-0.05, 0) is 46.1 Å². The van der Waals surface area contributed by atoms with Crippen molar-refractivity contribution in [2.45, 2.75) is 13.3 Å². The molecule has 22 heavy (non-hydrogen) atoms. The van der Waals surface area contributed by atoms with Gasteiger partial charge in [-0.1, -0.05) is 5.16 Å². The molecule has 0 bridgehead atoms. The van der Waals surface area contributed by atoms with Crippen molar-refractivity contribution < 1.29 is 9.32 Å². The van der Waals surface area contributed by atoms with Gasteiger partial charge in [-0.2, -0.15) is 0 Å². The number of aryl methyl sites for hydroxylation is 1. The smallest absolute Gasteiger partial charge is 0.271 e. The van der Waals surface area contributed by atoms with Crippen molar-refractivity contribution in [1.82, 2.24) is 25.6 Å². The van der Waals surface area contributed by atoms with E-state index in [-0.39, 0.29) is 11.6 Å². The van der Waals surface area contributed by atoms with E-state index in [0.717, 1.165) is 13.0 Å². The van der Waals surface area contributed by atoms with Gasteiger partial charge in [-0.3, -0.25) is 4.79 Å². The van der Waals surface area contributed by atoms with Gasteiger partial charge in [0.05, 0.1) is 0 Å². The van der Waals surface area contributed by atoms with Crippen molar-refractivity contribution in [3.05, 3.63) is 29.7 Å². The first-order chi connectivity index (χ1) is 10.5. The number of carbonyl (C=O) groups is 1. The Bertz CT molecular complexity index is 608. The summed E-state index contributed by atoms with van der Waals surface area (Å²) in [7, 11) is 3.99. The summed E-state index contributed by atoms with van der Waals surface area (Å²) in [6.45, 7) is 3.33. The standard InChI is InChI=1S/C14H20N6O2/c1-10-9-13(19-22-10)16-12-6-5-11(17-18-12)14(21)15-7-4-8-20(2)3/h5-6,9H,4,7-8H2,1-3H3,(H,15,21)(H,16,18,19). The Morgan fingerprint density at radius 1 is 1.27 bits per heavy atom. The molecule has 0 atom stereocenters. The van der Waals surface area contributed by atoms with Crippen LogP contribution in [0.25, 0.3) is 0 Å². The number of aromatic nitrogens is 3. The predicted octanol–water partition coefficient (Wildman–Crippen LogP) is 1.20. The highest BCUT2D eigenvalue weighted by Crippen LogP contribution is 2.13. The quantitative estimate of drug-likeness (QED) is 0.742. The molecule has 0 aliphatic rings. The third kappa shape index (κ3) is 4.81. The fourth-order valence-corrected chi connectivity index (χ4v) is 1.76. The first-order valence-electron chi connectivity index (χ1n) is 7.01. The average Bonchev–Trinajstić information content (AvgIpc) is 2.89. The highest BCUT2D eigenvalue weighted by molar-refractivity contribution is 5.92. The lowest BCUT2D eigenvalue weighted by molar-refractivity contribution is 0.0946. The zero-order valence-corrected chi connectivity index (χ0v) is 13.0. The Kier molecular flexibility index (Phi) is 5.42. The normalized spacial score (nSPS) is 10.7. The van der Waals surface area contributed by atoms with Crippen LogP contribution in [-0.4, -0.2) is 53.3 Å². The van der Waals surface area contributed by atoms with Gasteiger partial charge in [-0.15, -0.1) is 10.2 Å². The monoisotopic (exact) mass is 304 g/mol. The van der Waals surface area contributed by atoms with E-state index in [2.05, 4.69) is 30.9 Å². The van der Waals surface area contributed by atoms with Crippen molar-refractivity contribution >= 4 is 17.5 Å². The molecule has 0 aliphatic carbocycles. The summed E-state index contributed by atoms with van der Waals surface area (Å²) in [6, 6.07) is 5.03. The van der Waals surface area contributed by atoms with Crippen molar-refractivity contribution in [3.8, 4) is 0 Å². The minimum Gasteiger partial charge on any atom is -0.360 e. The molecule has 2 aromatic rings. The van der Waals surface area contributed by atoms with E-state index < -0.39 is 0 Å². The van der Waals surface area contributed by atoms with E-state index in [9.17, 15) is 4.79 Å². The highest BCUT2D eigenvalue weighted by Gasteiger charge is 2.08. The fraction of sp³-hybridized carbons (Fsp3) is 0.429. The summed E-state index contributed by atoms with van der Waals surface area (Å²) < 4.78 is 4.94. The Morgan fingerprint density at radius 3 is 2.68 bits per heavy atom. The van der Waals surface area contributed by atoms with E-state index in [1.807, 2.05) is 14.1 Å². The van der Waals surface area contributed by atoms with Crippen LogP contribution in [0.2, 0.25) is 0 Å². The summed E-state index contributed by atoms with van der Waals surface area (Å²) in [4.78, 5) is 14.0. The Balaban J connectivity index is 1.84. The van der Waals surface area contributed by atoms with Crippen molar-refractivity contribution in [2.24, 2.45) is 0 Å². The van der Waals surface area contributed by atoms with Crippen LogP contribution in [0.1, 0.15) is 22.7 Å². The van der Waals surface area contributed by atoms with E-state index >= 15 is 0 Å². The van der Waals surface area contributed by atoms with E-state index in [1.165, 1.54) is 0 Å². The summed E-state index contributed by atoms with van der Waals surface area (Å²) in [5, 5.41) is 17.4. The summed E-state index contributed by atoms with van der Waals surface area (Å²) in [5.41, 5.74) is 0.284. The van der Waals surface area contributed by atoms with Gasteiger partial charge in [0, 0.05) is 12.6 Å². The lowest BCUT2D eigenvalue weighted by Gasteiger charge is -2.09. The highest BCUT2D eigenvalue weighted by atomic mass is 16.5. The fourth-order valence-electron chi connectivity index (χ4n) is 1.76. The molecule has 118 valence electrons. The summed E-state index contributed by atoms with van der Waals surface area (Å²) in [6.07, 6.45) is 0.886. The number of nitrogens with one attached hydrogen (secondary N) is 2. The number of hydrogen-bond acceptors (Lipinski definition) is 7. The number of rotatable bonds is 7. The topological polar surface area (TPSA) is 96.2 Å². The van der Waals surface area contributed by atoms with E-state index in [4.69, 9.17) is 4.52 Å². The van der Waals surface area contributed by atoms with Gasteiger partial charge < -0.3 is 20.1 Å². The van der Waals surface area contributed by atoms with Crippen molar-refractivity contribution in [2.75, 3.05) is 32.5 Å². The maximum Gasteiger partial charge on any atom is 0.271 e. The third-order valence-corrected chi connectivity index (χ3v) is 2.85. The second kappa shape index (κ2) is 7.51. The maximum atomic E-state index is 11.9. The first-order valence-corrected chi connectivity index (χ1v) is 7.01. The summed E-state index contributed by atoms with van der Waals surface area (Å²) in [5.74, 6) is 1.52. The van der Waals surface area contributed by atoms with Crippen LogP contribution in [0, 0.1) is 6.92 Å². The minimum absolute atomic E-state index is 0.227.